The van der Waals surface area contributed by atoms with Crippen LogP contribution in [0, 0.1) is 5.92 Å². The lowest BCUT2D eigenvalue weighted by molar-refractivity contribution is 0.243. The minimum Gasteiger partial charge on any atom is -0.334 e. The summed E-state index contributed by atoms with van der Waals surface area (Å²) >= 11 is 0. The summed E-state index contributed by atoms with van der Waals surface area (Å²) < 4.78 is 0. The van der Waals surface area contributed by atoms with Crippen molar-refractivity contribution in [1.29, 1.82) is 0 Å². The van der Waals surface area contributed by atoms with Crippen molar-refractivity contribution >= 4 is 6.03 Å². The van der Waals surface area contributed by atoms with Gasteiger partial charge >= 0.3 is 6.03 Å². The number of carbonyl (C=O) groups is 1. The number of benzene rings is 1. The van der Waals surface area contributed by atoms with E-state index in [-0.39, 0.29) is 6.03 Å². The van der Waals surface area contributed by atoms with Gasteiger partial charge in [0.25, 0.3) is 0 Å². The van der Waals surface area contributed by atoms with Crippen molar-refractivity contribution in [1.82, 2.24) is 10.6 Å². The summed E-state index contributed by atoms with van der Waals surface area (Å²) in [5.41, 5.74) is 1.09. The molecular formula is C13H18N2O. The first kappa shape index (κ1) is 12.3. The Kier molecular flexibility index (Phi) is 5.12. The molecule has 1 aromatic carbocycles. The van der Waals surface area contributed by atoms with E-state index in [9.17, 15) is 4.79 Å². The molecule has 16 heavy (non-hydrogen) atoms. The number of urea groups is 1. The van der Waals surface area contributed by atoms with E-state index >= 15 is 0 Å². The Morgan fingerprint density at radius 2 is 2.00 bits per heavy atom. The zero-order chi connectivity index (χ0) is 11.8. The van der Waals surface area contributed by atoms with Gasteiger partial charge in [0.05, 0.1) is 0 Å². The number of nitrogens with one attached hydrogen (secondary N) is 2. The van der Waals surface area contributed by atoms with Gasteiger partial charge in [0.15, 0.2) is 0 Å². The summed E-state index contributed by atoms with van der Waals surface area (Å²) in [4.78, 5) is 11.3. The molecule has 0 spiro atoms. The van der Waals surface area contributed by atoms with Crippen LogP contribution < -0.4 is 10.6 Å². The Morgan fingerprint density at radius 3 is 2.62 bits per heavy atom. The highest BCUT2D eigenvalue weighted by molar-refractivity contribution is 5.74. The van der Waals surface area contributed by atoms with Gasteiger partial charge in [0.1, 0.15) is 0 Å². The van der Waals surface area contributed by atoms with Crippen molar-refractivity contribution in [3.8, 4) is 0 Å². The average molecular weight is 218 g/mol. The zero-order valence-electron chi connectivity index (χ0n) is 9.73. The zero-order valence-corrected chi connectivity index (χ0v) is 9.73. The van der Waals surface area contributed by atoms with Gasteiger partial charge in [-0.1, -0.05) is 50.3 Å². The molecule has 3 heteroatoms. The summed E-state index contributed by atoms with van der Waals surface area (Å²) in [7, 11) is 0. The first-order valence-electron chi connectivity index (χ1n) is 5.43. The Bertz CT molecular complexity index is 344. The maximum atomic E-state index is 11.3. The maximum absolute atomic E-state index is 11.3. The van der Waals surface area contributed by atoms with Gasteiger partial charge in [0.2, 0.25) is 0 Å². The normalized spacial score (nSPS) is 10.7. The number of rotatable bonds is 4. The van der Waals surface area contributed by atoms with Crippen LogP contribution in [0.4, 0.5) is 4.79 Å². The summed E-state index contributed by atoms with van der Waals surface area (Å²) in [6.45, 7) is 4.66. The summed E-state index contributed by atoms with van der Waals surface area (Å²) in [5, 5.41) is 5.43. The molecule has 0 saturated heterocycles. The third-order valence-corrected chi connectivity index (χ3v) is 1.99. The third kappa shape index (κ3) is 5.20. The lowest BCUT2D eigenvalue weighted by Crippen LogP contribution is -2.31. The molecule has 0 unspecified atom stereocenters. The minimum absolute atomic E-state index is 0.180. The molecule has 0 aliphatic heterocycles. The van der Waals surface area contributed by atoms with Crippen LogP contribution >= 0.6 is 0 Å². The molecule has 1 rings (SSSR count). The fourth-order valence-corrected chi connectivity index (χ4v) is 1.15. The van der Waals surface area contributed by atoms with Crippen molar-refractivity contribution in [3.05, 3.63) is 48.2 Å². The number of amides is 2. The van der Waals surface area contributed by atoms with Gasteiger partial charge in [-0.25, -0.2) is 4.79 Å². The molecule has 0 aliphatic carbocycles. The molecule has 86 valence electrons. The van der Waals surface area contributed by atoms with Crippen LogP contribution in [0.2, 0.25) is 0 Å². The van der Waals surface area contributed by atoms with Gasteiger partial charge < -0.3 is 10.6 Å². The quantitative estimate of drug-likeness (QED) is 0.801. The number of hydrogen-bond acceptors (Lipinski definition) is 1. The monoisotopic (exact) mass is 218 g/mol. The Labute approximate surface area is 96.6 Å². The SMILES string of the molecule is CC(C)/C=C/NC(=O)NCc1ccccc1. The molecule has 2 N–H and O–H groups in total. The summed E-state index contributed by atoms with van der Waals surface area (Å²) in [6, 6.07) is 9.63. The van der Waals surface area contributed by atoms with E-state index in [0.717, 1.165) is 5.56 Å². The number of allylic oxidation sites excluding steroid dienone is 1. The molecule has 2 amide bonds. The minimum atomic E-state index is -0.180. The lowest BCUT2D eigenvalue weighted by atomic mass is 10.2. The van der Waals surface area contributed by atoms with E-state index in [4.69, 9.17) is 0 Å². The van der Waals surface area contributed by atoms with Crippen molar-refractivity contribution in [2.75, 3.05) is 0 Å². The Hall–Kier alpha value is -1.77. The van der Waals surface area contributed by atoms with Crippen LogP contribution in [-0.2, 0) is 6.54 Å². The Morgan fingerprint density at radius 1 is 1.31 bits per heavy atom. The maximum Gasteiger partial charge on any atom is 0.319 e. The molecule has 0 atom stereocenters. The fraction of sp³-hybridized carbons (Fsp3) is 0.308. The van der Waals surface area contributed by atoms with E-state index < -0.39 is 0 Å². The van der Waals surface area contributed by atoms with Crippen molar-refractivity contribution in [2.24, 2.45) is 5.92 Å². The van der Waals surface area contributed by atoms with Crippen molar-refractivity contribution in [3.63, 3.8) is 0 Å². The van der Waals surface area contributed by atoms with Crippen molar-refractivity contribution in [2.45, 2.75) is 20.4 Å². The van der Waals surface area contributed by atoms with Gasteiger partial charge in [-0.3, -0.25) is 0 Å². The molecule has 0 aliphatic rings. The van der Waals surface area contributed by atoms with E-state index in [1.807, 2.05) is 36.4 Å². The Balaban J connectivity index is 2.26. The summed E-state index contributed by atoms with van der Waals surface area (Å²) in [5.74, 6) is 0.439. The standard InChI is InChI=1S/C13H18N2O/c1-11(2)8-9-14-13(16)15-10-12-6-4-3-5-7-12/h3-9,11H,10H2,1-2H3,(H2,14,15,16)/b9-8+. The van der Waals surface area contributed by atoms with Gasteiger partial charge in [-0.2, -0.15) is 0 Å². The second-order valence-corrected chi connectivity index (χ2v) is 3.92. The van der Waals surface area contributed by atoms with E-state index in [1.165, 1.54) is 0 Å². The van der Waals surface area contributed by atoms with Gasteiger partial charge in [-0.15, -0.1) is 0 Å². The molecule has 0 saturated carbocycles. The second kappa shape index (κ2) is 6.67. The first-order valence-corrected chi connectivity index (χ1v) is 5.43. The number of carbonyl (C=O) groups excluding carboxylic acids is 1. The second-order valence-electron chi connectivity index (χ2n) is 3.92. The van der Waals surface area contributed by atoms with Crippen LogP contribution in [0.3, 0.4) is 0 Å². The van der Waals surface area contributed by atoms with Crippen LogP contribution in [0.15, 0.2) is 42.6 Å². The molecule has 3 nitrogen and oxygen atoms in total. The molecule has 1 aromatic rings. The van der Waals surface area contributed by atoms with Crippen molar-refractivity contribution < 1.29 is 4.79 Å². The summed E-state index contributed by atoms with van der Waals surface area (Å²) in [6.07, 6.45) is 3.60. The first-order chi connectivity index (χ1) is 7.68. The molecule has 0 bridgehead atoms. The number of hydrogen-bond donors (Lipinski definition) is 2. The highest BCUT2D eigenvalue weighted by Crippen LogP contribution is 1.96. The smallest absolute Gasteiger partial charge is 0.319 e. The fourth-order valence-electron chi connectivity index (χ4n) is 1.15. The van der Waals surface area contributed by atoms with Gasteiger partial charge in [-0.05, 0) is 11.5 Å². The highest BCUT2D eigenvalue weighted by atomic mass is 16.2. The third-order valence-electron chi connectivity index (χ3n) is 1.99. The predicted molar refractivity (Wildman–Crippen MR) is 65.8 cm³/mol. The van der Waals surface area contributed by atoms with Crippen LogP contribution in [0.5, 0.6) is 0 Å². The highest BCUT2D eigenvalue weighted by Gasteiger charge is 1.96. The molecule has 0 radical (unpaired) electrons. The average Bonchev–Trinajstić information content (AvgIpc) is 2.27. The van der Waals surface area contributed by atoms with E-state index in [2.05, 4.69) is 24.5 Å². The topological polar surface area (TPSA) is 41.1 Å². The van der Waals surface area contributed by atoms with E-state index in [0.29, 0.717) is 12.5 Å². The largest absolute Gasteiger partial charge is 0.334 e. The van der Waals surface area contributed by atoms with Crippen LogP contribution in [0.25, 0.3) is 0 Å². The van der Waals surface area contributed by atoms with E-state index in [1.54, 1.807) is 6.20 Å². The van der Waals surface area contributed by atoms with Crippen LogP contribution in [-0.4, -0.2) is 6.03 Å². The lowest BCUT2D eigenvalue weighted by Gasteiger charge is -2.04. The molecule has 0 aromatic heterocycles. The molecule has 0 heterocycles. The van der Waals surface area contributed by atoms with Crippen LogP contribution in [0.1, 0.15) is 19.4 Å². The molecular weight excluding hydrogens is 200 g/mol. The van der Waals surface area contributed by atoms with Gasteiger partial charge in [0, 0.05) is 12.7 Å². The molecule has 0 fully saturated rings. The predicted octanol–water partition coefficient (Wildman–Crippen LogP) is 2.66.